The van der Waals surface area contributed by atoms with Gasteiger partial charge in [-0.25, -0.2) is 0 Å². The SMILES string of the molecule is CC(C)OC=O.OC1C2CC3CC(C2)C(O)C1C3. The van der Waals surface area contributed by atoms with Crippen LogP contribution in [0.2, 0.25) is 0 Å². The highest BCUT2D eigenvalue weighted by Crippen LogP contribution is 2.53. The standard InChI is InChI=1S/C10H16O2.C4H8O2/c11-9-6-1-5-2-7(4-6)10(12)8(9)3-5;1-4(2)6-3-5/h5-12H,1-4H2;3-4H,1-2H3. The molecule has 4 unspecified atom stereocenters. The van der Waals surface area contributed by atoms with Crippen molar-refractivity contribution in [2.45, 2.75) is 57.8 Å². The van der Waals surface area contributed by atoms with Crippen molar-refractivity contribution in [2.75, 3.05) is 0 Å². The number of hydrogen-bond donors (Lipinski definition) is 2. The molecule has 104 valence electrons. The molecule has 0 radical (unpaired) electrons. The monoisotopic (exact) mass is 256 g/mol. The molecule has 18 heavy (non-hydrogen) atoms. The van der Waals surface area contributed by atoms with Gasteiger partial charge in [0.2, 0.25) is 0 Å². The average molecular weight is 256 g/mol. The Morgan fingerprint density at radius 1 is 1.06 bits per heavy atom. The largest absolute Gasteiger partial charge is 0.465 e. The molecule has 4 fully saturated rings. The van der Waals surface area contributed by atoms with E-state index in [0.717, 1.165) is 18.8 Å². The maximum Gasteiger partial charge on any atom is 0.293 e. The fourth-order valence-corrected chi connectivity index (χ4v) is 3.96. The lowest BCUT2D eigenvalue weighted by Crippen LogP contribution is -2.55. The van der Waals surface area contributed by atoms with Crippen molar-refractivity contribution in [2.24, 2.45) is 23.7 Å². The Bertz CT molecular complexity index is 274. The highest BCUT2D eigenvalue weighted by Gasteiger charge is 2.52. The second-order valence-corrected chi connectivity index (χ2v) is 6.26. The lowest BCUT2D eigenvalue weighted by atomic mass is 9.54. The third-order valence-electron chi connectivity index (χ3n) is 4.65. The van der Waals surface area contributed by atoms with Gasteiger partial charge in [0.05, 0.1) is 18.3 Å². The fourth-order valence-electron chi connectivity index (χ4n) is 3.96. The molecule has 0 aromatic rings. The Labute approximate surface area is 108 Å². The molecule has 0 amide bonds. The van der Waals surface area contributed by atoms with Crippen molar-refractivity contribution < 1.29 is 19.7 Å². The zero-order chi connectivity index (χ0) is 13.3. The molecule has 0 aromatic heterocycles. The molecule has 4 bridgehead atoms. The second-order valence-electron chi connectivity index (χ2n) is 6.26. The van der Waals surface area contributed by atoms with E-state index in [1.54, 1.807) is 13.8 Å². The van der Waals surface area contributed by atoms with Crippen LogP contribution in [0.4, 0.5) is 0 Å². The van der Waals surface area contributed by atoms with E-state index in [-0.39, 0.29) is 24.2 Å². The molecule has 0 spiro atoms. The molecule has 0 heterocycles. The van der Waals surface area contributed by atoms with Gasteiger partial charge >= 0.3 is 0 Å². The lowest BCUT2D eigenvalue weighted by molar-refractivity contribution is -0.161. The summed E-state index contributed by atoms with van der Waals surface area (Å²) in [7, 11) is 0. The minimum Gasteiger partial charge on any atom is -0.465 e. The fraction of sp³-hybridized carbons (Fsp3) is 0.929. The van der Waals surface area contributed by atoms with E-state index < -0.39 is 0 Å². The van der Waals surface area contributed by atoms with Crippen LogP contribution in [-0.4, -0.2) is 35.0 Å². The highest BCUT2D eigenvalue weighted by molar-refractivity contribution is 5.37. The molecule has 4 saturated carbocycles. The van der Waals surface area contributed by atoms with Gasteiger partial charge in [0.1, 0.15) is 0 Å². The number of aliphatic hydroxyl groups is 2. The molecule has 0 aliphatic heterocycles. The van der Waals surface area contributed by atoms with Gasteiger partial charge in [-0.3, -0.25) is 4.79 Å². The van der Waals surface area contributed by atoms with Gasteiger partial charge in [-0.05, 0) is 57.3 Å². The lowest BCUT2D eigenvalue weighted by Gasteiger charge is -2.55. The molecule has 4 nitrogen and oxygen atoms in total. The summed E-state index contributed by atoms with van der Waals surface area (Å²) in [5, 5.41) is 19.7. The summed E-state index contributed by atoms with van der Waals surface area (Å²) in [6.07, 6.45) is 4.26. The van der Waals surface area contributed by atoms with Gasteiger partial charge < -0.3 is 14.9 Å². The number of hydrogen-bond acceptors (Lipinski definition) is 4. The quantitative estimate of drug-likeness (QED) is 0.732. The molecule has 4 heteroatoms. The summed E-state index contributed by atoms with van der Waals surface area (Å²) in [5.41, 5.74) is 0. The van der Waals surface area contributed by atoms with Crippen LogP contribution in [0.25, 0.3) is 0 Å². The third kappa shape index (κ3) is 2.69. The predicted molar refractivity (Wildman–Crippen MR) is 66.7 cm³/mol. The second kappa shape index (κ2) is 5.57. The molecule has 2 N–H and O–H groups in total. The number of carbonyl (C=O) groups is 1. The number of rotatable bonds is 2. The van der Waals surface area contributed by atoms with Crippen molar-refractivity contribution in [1.82, 2.24) is 0 Å². The van der Waals surface area contributed by atoms with Crippen LogP contribution in [0.15, 0.2) is 0 Å². The summed E-state index contributed by atoms with van der Waals surface area (Å²) in [5.74, 6) is 2.10. The number of ether oxygens (including phenoxy) is 1. The van der Waals surface area contributed by atoms with E-state index in [9.17, 15) is 15.0 Å². The minimum atomic E-state index is -0.187. The Morgan fingerprint density at radius 3 is 2.00 bits per heavy atom. The summed E-state index contributed by atoms with van der Waals surface area (Å²) in [6.45, 7) is 4.05. The summed E-state index contributed by atoms with van der Waals surface area (Å²) in [4.78, 5) is 9.39. The van der Waals surface area contributed by atoms with Crippen molar-refractivity contribution in [1.29, 1.82) is 0 Å². The molecule has 0 aromatic carbocycles. The van der Waals surface area contributed by atoms with E-state index in [1.165, 1.54) is 12.8 Å². The van der Waals surface area contributed by atoms with Crippen molar-refractivity contribution in [3.8, 4) is 0 Å². The van der Waals surface area contributed by atoms with E-state index in [0.29, 0.717) is 18.3 Å². The molecular formula is C14H24O4. The Morgan fingerprint density at radius 2 is 1.61 bits per heavy atom. The van der Waals surface area contributed by atoms with Crippen LogP contribution in [-0.2, 0) is 9.53 Å². The van der Waals surface area contributed by atoms with E-state index >= 15 is 0 Å². The first kappa shape index (κ1) is 13.8. The Hall–Kier alpha value is -0.610. The highest BCUT2D eigenvalue weighted by atomic mass is 16.5. The molecular weight excluding hydrogens is 232 g/mol. The normalized spacial score (nSPS) is 44.5. The van der Waals surface area contributed by atoms with Gasteiger partial charge in [0, 0.05) is 5.92 Å². The topological polar surface area (TPSA) is 66.8 Å². The van der Waals surface area contributed by atoms with Crippen LogP contribution in [0.1, 0.15) is 39.5 Å². The molecule has 0 saturated heterocycles. The predicted octanol–water partition coefficient (Wildman–Crippen LogP) is 1.34. The van der Waals surface area contributed by atoms with Crippen LogP contribution in [0.3, 0.4) is 0 Å². The van der Waals surface area contributed by atoms with E-state index in [1.807, 2.05) is 0 Å². The maximum absolute atomic E-state index is 9.84. The summed E-state index contributed by atoms with van der Waals surface area (Å²) in [6, 6.07) is 0. The Balaban J connectivity index is 0.000000174. The van der Waals surface area contributed by atoms with Crippen LogP contribution in [0, 0.1) is 23.7 Å². The van der Waals surface area contributed by atoms with Crippen molar-refractivity contribution in [3.05, 3.63) is 0 Å². The molecule has 4 rings (SSSR count). The van der Waals surface area contributed by atoms with Crippen LogP contribution < -0.4 is 0 Å². The third-order valence-corrected chi connectivity index (χ3v) is 4.65. The summed E-state index contributed by atoms with van der Waals surface area (Å²) < 4.78 is 4.36. The minimum absolute atomic E-state index is 0.0301. The van der Waals surface area contributed by atoms with E-state index in [2.05, 4.69) is 4.74 Å². The maximum atomic E-state index is 9.84. The van der Waals surface area contributed by atoms with Gasteiger partial charge in [-0.15, -0.1) is 0 Å². The Kier molecular flexibility index (Phi) is 4.28. The number of carbonyl (C=O) groups excluding carboxylic acids is 1. The molecule has 4 atom stereocenters. The summed E-state index contributed by atoms with van der Waals surface area (Å²) >= 11 is 0. The van der Waals surface area contributed by atoms with Gasteiger partial charge in [0.15, 0.2) is 0 Å². The van der Waals surface area contributed by atoms with Crippen LogP contribution in [0.5, 0.6) is 0 Å². The van der Waals surface area contributed by atoms with Gasteiger partial charge in [0.25, 0.3) is 6.47 Å². The smallest absolute Gasteiger partial charge is 0.293 e. The average Bonchev–Trinajstić information content (AvgIpc) is 2.31. The van der Waals surface area contributed by atoms with Gasteiger partial charge in [-0.1, -0.05) is 0 Å². The molecule has 4 aliphatic carbocycles. The zero-order valence-corrected chi connectivity index (χ0v) is 11.2. The first-order chi connectivity index (χ1) is 8.52. The first-order valence-corrected chi connectivity index (χ1v) is 6.98. The first-order valence-electron chi connectivity index (χ1n) is 6.98. The van der Waals surface area contributed by atoms with Crippen LogP contribution >= 0.6 is 0 Å². The molecule has 4 aliphatic rings. The zero-order valence-electron chi connectivity index (χ0n) is 11.2. The van der Waals surface area contributed by atoms with E-state index in [4.69, 9.17) is 0 Å². The van der Waals surface area contributed by atoms with Crippen molar-refractivity contribution >= 4 is 6.47 Å². The van der Waals surface area contributed by atoms with Gasteiger partial charge in [-0.2, -0.15) is 0 Å². The van der Waals surface area contributed by atoms with Crippen molar-refractivity contribution in [3.63, 3.8) is 0 Å². The number of aliphatic hydroxyl groups excluding tert-OH is 2.